The van der Waals surface area contributed by atoms with Gasteiger partial charge in [0.2, 0.25) is 0 Å². The van der Waals surface area contributed by atoms with Gasteiger partial charge in [-0.3, -0.25) is 4.98 Å². The van der Waals surface area contributed by atoms with E-state index >= 15 is 0 Å². The Bertz CT molecular complexity index is 387. The number of rotatable bonds is 4. The highest BCUT2D eigenvalue weighted by molar-refractivity contribution is 5.08. The summed E-state index contributed by atoms with van der Waals surface area (Å²) in [6.45, 7) is 4.52. The van der Waals surface area contributed by atoms with E-state index in [-0.39, 0.29) is 0 Å². The second-order valence-electron chi connectivity index (χ2n) is 6.25. The van der Waals surface area contributed by atoms with Crippen LogP contribution in [0.5, 0.6) is 0 Å². The lowest BCUT2D eigenvalue weighted by Gasteiger charge is -2.26. The van der Waals surface area contributed by atoms with Crippen molar-refractivity contribution >= 4 is 0 Å². The van der Waals surface area contributed by atoms with Crippen LogP contribution in [0.3, 0.4) is 0 Å². The molecule has 0 amide bonds. The summed E-state index contributed by atoms with van der Waals surface area (Å²) in [5.74, 6) is 0.874. The molecule has 0 bridgehead atoms. The van der Waals surface area contributed by atoms with E-state index in [1.807, 2.05) is 18.5 Å². The third-order valence-corrected chi connectivity index (χ3v) is 4.82. The lowest BCUT2D eigenvalue weighted by Crippen LogP contribution is -2.33. The molecule has 0 aliphatic carbocycles. The number of hydrogen-bond donors (Lipinski definition) is 0. The molecule has 0 aromatic carbocycles. The average molecular weight is 274 g/mol. The number of ether oxygens (including phenoxy) is 1. The quantitative estimate of drug-likeness (QED) is 0.844. The van der Waals surface area contributed by atoms with Gasteiger partial charge in [-0.1, -0.05) is 6.07 Å². The molecule has 0 N–H and O–H groups in total. The summed E-state index contributed by atoms with van der Waals surface area (Å²) in [5, 5.41) is 0. The first-order chi connectivity index (χ1) is 9.92. The van der Waals surface area contributed by atoms with Gasteiger partial charge >= 0.3 is 0 Å². The van der Waals surface area contributed by atoms with Gasteiger partial charge < -0.3 is 9.64 Å². The van der Waals surface area contributed by atoms with Crippen LogP contribution in [0.25, 0.3) is 0 Å². The standard InChI is InChI=1S/C17H26N2O/c1-3-15(13-18-9-1)5-6-16-7-10-19(14-16)17-4-2-11-20-12-8-17/h1,3,9,13,16-17H,2,4-8,10-12,14H2/t16-,17?/m1/s1. The normalized spacial score (nSPS) is 28.4. The van der Waals surface area contributed by atoms with Gasteiger partial charge in [0.1, 0.15) is 0 Å². The molecule has 110 valence electrons. The zero-order valence-corrected chi connectivity index (χ0v) is 12.3. The van der Waals surface area contributed by atoms with Gasteiger partial charge in [0.05, 0.1) is 0 Å². The van der Waals surface area contributed by atoms with Gasteiger partial charge in [-0.25, -0.2) is 0 Å². The van der Waals surface area contributed by atoms with Crippen molar-refractivity contribution in [2.45, 2.75) is 44.6 Å². The minimum absolute atomic E-state index is 0.779. The van der Waals surface area contributed by atoms with Crippen molar-refractivity contribution < 1.29 is 4.74 Å². The number of aryl methyl sites for hydroxylation is 1. The molecule has 1 aromatic heterocycles. The molecule has 20 heavy (non-hydrogen) atoms. The first-order valence-corrected chi connectivity index (χ1v) is 8.12. The third kappa shape index (κ3) is 3.80. The second kappa shape index (κ2) is 7.19. The molecular weight excluding hydrogens is 248 g/mol. The molecule has 3 rings (SSSR count). The zero-order chi connectivity index (χ0) is 13.6. The van der Waals surface area contributed by atoms with E-state index < -0.39 is 0 Å². The third-order valence-electron chi connectivity index (χ3n) is 4.82. The summed E-state index contributed by atoms with van der Waals surface area (Å²) < 4.78 is 5.58. The molecule has 2 fully saturated rings. The predicted molar refractivity (Wildman–Crippen MR) is 80.7 cm³/mol. The summed E-state index contributed by atoms with van der Waals surface area (Å²) >= 11 is 0. The molecule has 1 unspecified atom stereocenters. The molecular formula is C17H26N2O. The molecule has 3 nitrogen and oxygen atoms in total. The smallest absolute Gasteiger partial charge is 0.0480 e. The first-order valence-electron chi connectivity index (χ1n) is 8.12. The van der Waals surface area contributed by atoms with E-state index in [4.69, 9.17) is 4.74 Å². The van der Waals surface area contributed by atoms with Crippen LogP contribution < -0.4 is 0 Å². The van der Waals surface area contributed by atoms with Crippen LogP contribution in [-0.2, 0) is 11.2 Å². The molecule has 2 aliphatic rings. The Balaban J connectivity index is 1.44. The van der Waals surface area contributed by atoms with Crippen molar-refractivity contribution in [2.75, 3.05) is 26.3 Å². The number of nitrogens with zero attached hydrogens (tertiary/aromatic N) is 2. The molecule has 2 saturated heterocycles. The van der Waals surface area contributed by atoms with Gasteiger partial charge in [0.15, 0.2) is 0 Å². The number of pyridine rings is 1. The van der Waals surface area contributed by atoms with Crippen molar-refractivity contribution in [3.05, 3.63) is 30.1 Å². The Morgan fingerprint density at radius 2 is 2.25 bits per heavy atom. The highest BCUT2D eigenvalue weighted by Crippen LogP contribution is 2.26. The van der Waals surface area contributed by atoms with E-state index in [0.717, 1.165) is 25.2 Å². The molecule has 0 saturated carbocycles. The highest BCUT2D eigenvalue weighted by atomic mass is 16.5. The van der Waals surface area contributed by atoms with E-state index in [1.54, 1.807) is 0 Å². The lowest BCUT2D eigenvalue weighted by atomic mass is 9.99. The Morgan fingerprint density at radius 1 is 1.25 bits per heavy atom. The Kier molecular flexibility index (Phi) is 5.04. The SMILES string of the molecule is c1cncc(CC[C@@H]2CCN(C3CCCOCC3)C2)c1. The van der Waals surface area contributed by atoms with Gasteiger partial charge in [-0.2, -0.15) is 0 Å². The summed E-state index contributed by atoms with van der Waals surface area (Å²) in [6.07, 6.45) is 11.5. The van der Waals surface area contributed by atoms with Crippen LogP contribution in [0.2, 0.25) is 0 Å². The van der Waals surface area contributed by atoms with Crippen molar-refractivity contribution in [1.82, 2.24) is 9.88 Å². The van der Waals surface area contributed by atoms with Gasteiger partial charge in [-0.15, -0.1) is 0 Å². The minimum Gasteiger partial charge on any atom is -0.381 e. The van der Waals surface area contributed by atoms with Crippen molar-refractivity contribution in [1.29, 1.82) is 0 Å². The van der Waals surface area contributed by atoms with Crippen LogP contribution in [0.1, 0.15) is 37.7 Å². The molecule has 0 spiro atoms. The van der Waals surface area contributed by atoms with Crippen molar-refractivity contribution in [3.63, 3.8) is 0 Å². The molecule has 1 aromatic rings. The maximum absolute atomic E-state index is 5.58. The van der Waals surface area contributed by atoms with Gasteiger partial charge in [-0.05, 0) is 62.6 Å². The maximum atomic E-state index is 5.58. The van der Waals surface area contributed by atoms with Gasteiger partial charge in [0, 0.05) is 38.2 Å². The van der Waals surface area contributed by atoms with E-state index in [9.17, 15) is 0 Å². The molecule has 3 heterocycles. The van der Waals surface area contributed by atoms with E-state index in [1.165, 1.54) is 57.2 Å². The number of aromatic nitrogens is 1. The minimum atomic E-state index is 0.779. The monoisotopic (exact) mass is 274 g/mol. The maximum Gasteiger partial charge on any atom is 0.0480 e. The fourth-order valence-corrected chi connectivity index (χ4v) is 3.60. The average Bonchev–Trinajstić information content (AvgIpc) is 2.80. The zero-order valence-electron chi connectivity index (χ0n) is 12.3. The second-order valence-corrected chi connectivity index (χ2v) is 6.25. The Labute approximate surface area is 122 Å². The lowest BCUT2D eigenvalue weighted by molar-refractivity contribution is 0.134. The first kappa shape index (κ1) is 14.0. The van der Waals surface area contributed by atoms with E-state index in [2.05, 4.69) is 16.0 Å². The Morgan fingerprint density at radius 3 is 3.15 bits per heavy atom. The molecule has 0 radical (unpaired) electrons. The predicted octanol–water partition coefficient (Wildman–Crippen LogP) is 2.91. The Hall–Kier alpha value is -0.930. The van der Waals surface area contributed by atoms with Crippen LogP contribution in [-0.4, -0.2) is 42.2 Å². The molecule has 2 aliphatic heterocycles. The van der Waals surface area contributed by atoms with Crippen molar-refractivity contribution in [2.24, 2.45) is 5.92 Å². The van der Waals surface area contributed by atoms with Crippen LogP contribution in [0.4, 0.5) is 0 Å². The topological polar surface area (TPSA) is 25.4 Å². The summed E-state index contributed by atoms with van der Waals surface area (Å²) in [4.78, 5) is 6.93. The van der Waals surface area contributed by atoms with E-state index in [0.29, 0.717) is 0 Å². The summed E-state index contributed by atoms with van der Waals surface area (Å²) in [5.41, 5.74) is 1.38. The van der Waals surface area contributed by atoms with Crippen molar-refractivity contribution in [3.8, 4) is 0 Å². The summed E-state index contributed by atoms with van der Waals surface area (Å²) in [7, 11) is 0. The fourth-order valence-electron chi connectivity index (χ4n) is 3.60. The molecule has 3 heteroatoms. The summed E-state index contributed by atoms with van der Waals surface area (Å²) in [6, 6.07) is 5.02. The van der Waals surface area contributed by atoms with Gasteiger partial charge in [0.25, 0.3) is 0 Å². The van der Waals surface area contributed by atoms with Crippen LogP contribution in [0.15, 0.2) is 24.5 Å². The largest absolute Gasteiger partial charge is 0.381 e. The fraction of sp³-hybridized carbons (Fsp3) is 0.706. The number of likely N-dealkylation sites (tertiary alicyclic amines) is 1. The highest BCUT2D eigenvalue weighted by Gasteiger charge is 2.28. The van der Waals surface area contributed by atoms with Crippen LogP contribution >= 0.6 is 0 Å². The van der Waals surface area contributed by atoms with Crippen LogP contribution in [0, 0.1) is 5.92 Å². The number of hydrogen-bond acceptors (Lipinski definition) is 3. The molecule has 2 atom stereocenters.